The van der Waals surface area contributed by atoms with Gasteiger partial charge in [0.15, 0.2) is 10.8 Å². The molecule has 8 heteroatoms. The largest absolute Gasteiger partial charge is 0.481 e. The van der Waals surface area contributed by atoms with Gasteiger partial charge in [-0.3, -0.25) is 9.00 Å². The zero-order chi connectivity index (χ0) is 14.7. The zero-order valence-corrected chi connectivity index (χ0v) is 12.8. The molecule has 2 heterocycles. The molecule has 2 atom stereocenters. The summed E-state index contributed by atoms with van der Waals surface area (Å²) in [5.74, 6) is -0.957. The van der Waals surface area contributed by atoms with Crippen LogP contribution in [-0.2, 0) is 22.1 Å². The number of nitrogens with zero attached hydrogens (tertiary/aromatic N) is 3. The summed E-state index contributed by atoms with van der Waals surface area (Å²) >= 11 is 1.15. The number of carboxylic acid groups (broad SMARTS) is 1. The molecular weight excluding hydrogens is 298 g/mol. The number of carboxylic acids is 1. The molecule has 20 heavy (non-hydrogen) atoms. The van der Waals surface area contributed by atoms with Gasteiger partial charge in [-0.2, -0.15) is 0 Å². The maximum Gasteiger partial charge on any atom is 0.313 e. The summed E-state index contributed by atoms with van der Waals surface area (Å²) in [6.45, 7) is 2.38. The lowest BCUT2D eigenvalue weighted by Gasteiger charge is -2.12. The highest BCUT2D eigenvalue weighted by Gasteiger charge is 2.17. The van der Waals surface area contributed by atoms with Crippen molar-refractivity contribution in [1.82, 2.24) is 14.5 Å². The van der Waals surface area contributed by atoms with Crippen molar-refractivity contribution in [2.75, 3.05) is 12.0 Å². The van der Waals surface area contributed by atoms with Gasteiger partial charge in [0, 0.05) is 35.0 Å². The van der Waals surface area contributed by atoms with E-state index in [-0.39, 0.29) is 11.0 Å². The fourth-order valence-electron chi connectivity index (χ4n) is 1.70. The first-order valence-corrected chi connectivity index (χ1v) is 8.57. The van der Waals surface area contributed by atoms with Gasteiger partial charge >= 0.3 is 5.97 Å². The third-order valence-corrected chi connectivity index (χ3v) is 5.04. The monoisotopic (exact) mass is 313 g/mol. The molecule has 0 aromatic carbocycles. The van der Waals surface area contributed by atoms with E-state index in [0.29, 0.717) is 17.3 Å². The minimum absolute atomic E-state index is 0.0569. The normalized spacial score (nSPS) is 14.3. The first-order chi connectivity index (χ1) is 9.49. The zero-order valence-electron chi connectivity index (χ0n) is 11.1. The number of aliphatic carboxylic acids is 1. The summed E-state index contributed by atoms with van der Waals surface area (Å²) in [4.78, 5) is 19.4. The van der Waals surface area contributed by atoms with Crippen molar-refractivity contribution >= 4 is 39.7 Å². The molecule has 2 aromatic rings. The van der Waals surface area contributed by atoms with Crippen LogP contribution in [0, 0.1) is 0 Å². The van der Waals surface area contributed by atoms with Crippen molar-refractivity contribution in [1.29, 1.82) is 0 Å². The number of imidazole rings is 1. The van der Waals surface area contributed by atoms with Gasteiger partial charge in [0.1, 0.15) is 5.52 Å². The second-order valence-corrected chi connectivity index (χ2v) is 7.09. The molecule has 0 aliphatic carbocycles. The molecule has 2 rings (SSSR count). The van der Waals surface area contributed by atoms with Gasteiger partial charge in [0.05, 0.1) is 5.75 Å². The second-order valence-electron chi connectivity index (χ2n) is 4.34. The fourth-order valence-corrected chi connectivity index (χ4v) is 2.79. The van der Waals surface area contributed by atoms with Crippen LogP contribution >= 0.6 is 11.8 Å². The number of rotatable bonds is 6. The lowest BCUT2D eigenvalue weighted by molar-refractivity contribution is -0.133. The summed E-state index contributed by atoms with van der Waals surface area (Å²) < 4.78 is 13.4. The molecule has 108 valence electrons. The van der Waals surface area contributed by atoms with Crippen molar-refractivity contribution in [3.05, 3.63) is 18.3 Å². The van der Waals surface area contributed by atoms with Crippen LogP contribution in [-0.4, -0.2) is 47.1 Å². The molecule has 0 saturated carbocycles. The lowest BCUT2D eigenvalue weighted by Crippen LogP contribution is -2.18. The summed E-state index contributed by atoms with van der Waals surface area (Å²) in [5.41, 5.74) is 1.41. The SMILES string of the molecule is CC(Cn1c(SCC(=O)O)nc2cccnc21)S(C)=O. The number of thioether (sulfide) groups is 1. The van der Waals surface area contributed by atoms with Crippen molar-refractivity contribution in [2.45, 2.75) is 23.9 Å². The molecule has 2 aromatic heterocycles. The Bertz CT molecular complexity index is 656. The number of carbonyl (C=O) groups is 1. The number of hydrogen-bond donors (Lipinski definition) is 1. The summed E-state index contributed by atoms with van der Waals surface area (Å²) in [6.07, 6.45) is 3.32. The van der Waals surface area contributed by atoms with E-state index in [2.05, 4.69) is 9.97 Å². The van der Waals surface area contributed by atoms with Gasteiger partial charge in [-0.25, -0.2) is 9.97 Å². The van der Waals surface area contributed by atoms with Crippen LogP contribution in [0.3, 0.4) is 0 Å². The maximum atomic E-state index is 11.5. The van der Waals surface area contributed by atoms with E-state index in [1.54, 1.807) is 18.5 Å². The average Bonchev–Trinajstić information content (AvgIpc) is 2.74. The van der Waals surface area contributed by atoms with Crippen molar-refractivity contribution in [2.24, 2.45) is 0 Å². The van der Waals surface area contributed by atoms with Gasteiger partial charge in [-0.15, -0.1) is 0 Å². The van der Waals surface area contributed by atoms with Crippen LogP contribution in [0.1, 0.15) is 6.92 Å². The van der Waals surface area contributed by atoms with E-state index in [9.17, 15) is 9.00 Å². The fraction of sp³-hybridized carbons (Fsp3) is 0.417. The lowest BCUT2D eigenvalue weighted by atomic mass is 10.4. The van der Waals surface area contributed by atoms with Crippen LogP contribution in [0.15, 0.2) is 23.5 Å². The summed E-state index contributed by atoms with van der Waals surface area (Å²) in [5, 5.41) is 9.33. The standard InChI is InChI=1S/C12H15N3O3S2/c1-8(20(2)18)6-15-11-9(4-3-5-13-11)14-12(15)19-7-10(16)17/h3-5,8H,6-7H2,1-2H3,(H,16,17). The number of aromatic nitrogens is 3. The van der Waals surface area contributed by atoms with E-state index in [1.165, 1.54) is 0 Å². The predicted molar refractivity (Wildman–Crippen MR) is 79.4 cm³/mol. The Morgan fingerprint density at radius 2 is 2.35 bits per heavy atom. The van der Waals surface area contributed by atoms with Crippen molar-refractivity contribution < 1.29 is 14.1 Å². The molecule has 0 fully saturated rings. The van der Waals surface area contributed by atoms with Crippen LogP contribution < -0.4 is 0 Å². The van der Waals surface area contributed by atoms with Gasteiger partial charge in [-0.05, 0) is 19.1 Å². The van der Waals surface area contributed by atoms with E-state index in [4.69, 9.17) is 5.11 Å². The van der Waals surface area contributed by atoms with Crippen LogP contribution in [0.4, 0.5) is 0 Å². The van der Waals surface area contributed by atoms with E-state index >= 15 is 0 Å². The highest BCUT2D eigenvalue weighted by atomic mass is 32.2. The van der Waals surface area contributed by atoms with Gasteiger partial charge in [-0.1, -0.05) is 11.8 Å². The predicted octanol–water partition coefficient (Wildman–Crippen LogP) is 1.38. The Hall–Kier alpha value is -1.41. The van der Waals surface area contributed by atoms with Crippen LogP contribution in [0.5, 0.6) is 0 Å². The van der Waals surface area contributed by atoms with E-state index < -0.39 is 16.8 Å². The Labute approximate surface area is 123 Å². The molecular formula is C12H15N3O3S2. The highest BCUT2D eigenvalue weighted by molar-refractivity contribution is 7.99. The molecule has 2 unspecified atom stereocenters. The molecule has 0 spiro atoms. The van der Waals surface area contributed by atoms with Crippen LogP contribution in [0.2, 0.25) is 0 Å². The molecule has 0 aliphatic heterocycles. The quantitative estimate of drug-likeness (QED) is 0.811. The third-order valence-electron chi connectivity index (χ3n) is 2.80. The molecule has 0 saturated heterocycles. The Morgan fingerprint density at radius 1 is 1.60 bits per heavy atom. The first-order valence-electron chi connectivity index (χ1n) is 5.97. The minimum Gasteiger partial charge on any atom is -0.481 e. The molecule has 0 bridgehead atoms. The Morgan fingerprint density at radius 3 is 3.00 bits per heavy atom. The molecule has 1 N–H and O–H groups in total. The van der Waals surface area contributed by atoms with Crippen molar-refractivity contribution in [3.8, 4) is 0 Å². The molecule has 0 aliphatic rings. The van der Waals surface area contributed by atoms with Gasteiger partial charge < -0.3 is 9.67 Å². The second kappa shape index (κ2) is 6.36. The smallest absolute Gasteiger partial charge is 0.313 e. The number of hydrogen-bond acceptors (Lipinski definition) is 5. The average molecular weight is 313 g/mol. The number of pyridine rings is 1. The highest BCUT2D eigenvalue weighted by Crippen LogP contribution is 2.23. The Balaban J connectivity index is 2.38. The Kier molecular flexibility index (Phi) is 4.77. The number of fused-ring (bicyclic) bond motifs is 1. The topological polar surface area (TPSA) is 85.1 Å². The van der Waals surface area contributed by atoms with Crippen LogP contribution in [0.25, 0.3) is 11.2 Å². The summed E-state index contributed by atoms with van der Waals surface area (Å²) in [6, 6.07) is 3.62. The first kappa shape index (κ1) is 15.0. The van der Waals surface area contributed by atoms with E-state index in [0.717, 1.165) is 17.3 Å². The van der Waals surface area contributed by atoms with Crippen molar-refractivity contribution in [3.63, 3.8) is 0 Å². The molecule has 0 radical (unpaired) electrons. The molecule has 6 nitrogen and oxygen atoms in total. The minimum atomic E-state index is -0.961. The van der Waals surface area contributed by atoms with Gasteiger partial charge in [0.2, 0.25) is 0 Å². The van der Waals surface area contributed by atoms with Gasteiger partial charge in [0.25, 0.3) is 0 Å². The summed E-state index contributed by atoms with van der Waals surface area (Å²) in [7, 11) is -0.961. The molecule has 0 amide bonds. The third kappa shape index (κ3) is 3.37. The van der Waals surface area contributed by atoms with E-state index in [1.807, 2.05) is 17.6 Å². The maximum absolute atomic E-state index is 11.5.